The first kappa shape index (κ1) is 27.0. The average Bonchev–Trinajstić information content (AvgIpc) is 3.81. The van der Waals surface area contributed by atoms with Crippen molar-refractivity contribution in [2.24, 2.45) is 10.8 Å². The number of ether oxygens (including phenoxy) is 7. The molecule has 0 unspecified atom stereocenters. The number of aliphatic hydroxyl groups excluding tert-OH is 2. The lowest BCUT2D eigenvalue weighted by atomic mass is 9.50. The molecular formula is C29H38O11. The topological polar surface area (TPSA) is 149 Å². The Labute approximate surface area is 232 Å². The van der Waals surface area contributed by atoms with E-state index >= 15 is 0 Å². The zero-order valence-electron chi connectivity index (χ0n) is 23.2. The van der Waals surface area contributed by atoms with E-state index in [4.69, 9.17) is 33.2 Å². The van der Waals surface area contributed by atoms with Gasteiger partial charge in [0.1, 0.15) is 42.2 Å². The number of carbonyl (C=O) groups excluding carboxylic acids is 2. The van der Waals surface area contributed by atoms with Crippen molar-refractivity contribution in [3.63, 3.8) is 0 Å². The molecule has 2 N–H and O–H groups in total. The van der Waals surface area contributed by atoms with Gasteiger partial charge in [0, 0.05) is 17.9 Å². The molecule has 7 rings (SSSR count). The Bertz CT molecular complexity index is 1160. The summed E-state index contributed by atoms with van der Waals surface area (Å²) in [4.78, 5) is 26.4. The standard InChI is InChI=1S/C29H38O11/c1-15(30)16-7-5-6-8-20(32)37-18-11-19-29(14-36-29)27(18,4)28(10-9-25(2)21(39-25)22(28)38-19)13-35-24(33)23-26(3,40-23)17(31)12-34-16/h5-8,15-19,21-23,30-31H,9-14H2,1-4H3/b7-5+,8-6+/t15-,16-,17-,18-,19+,21+,22+,23-,25-,26-,27-,28-,29-/m1/s1. The minimum atomic E-state index is -1.18. The lowest BCUT2D eigenvalue weighted by molar-refractivity contribution is -0.251. The second kappa shape index (κ2) is 8.59. The minimum absolute atomic E-state index is 0.0139. The number of hydrogen-bond acceptors (Lipinski definition) is 11. The maximum atomic E-state index is 13.4. The van der Waals surface area contributed by atoms with E-state index in [0.717, 1.165) is 6.42 Å². The molecular weight excluding hydrogens is 524 g/mol. The van der Waals surface area contributed by atoms with Crippen LogP contribution in [0.5, 0.6) is 0 Å². The van der Waals surface area contributed by atoms with Gasteiger partial charge in [-0.05, 0) is 33.6 Å². The van der Waals surface area contributed by atoms with E-state index in [1.54, 1.807) is 26.0 Å². The van der Waals surface area contributed by atoms with Crippen LogP contribution in [0.1, 0.15) is 47.0 Å². The molecule has 13 atom stereocenters. The molecule has 0 radical (unpaired) electrons. The quantitative estimate of drug-likeness (QED) is 0.344. The molecule has 5 aliphatic heterocycles. The fourth-order valence-electron chi connectivity index (χ4n) is 8.09. The minimum Gasteiger partial charge on any atom is -0.463 e. The van der Waals surface area contributed by atoms with Gasteiger partial charge in [0.15, 0.2) is 6.10 Å². The van der Waals surface area contributed by atoms with Crippen molar-refractivity contribution in [1.82, 2.24) is 0 Å². The highest BCUT2D eigenvalue weighted by Crippen LogP contribution is 2.75. The van der Waals surface area contributed by atoms with Crippen molar-refractivity contribution >= 4 is 11.9 Å². The predicted molar refractivity (Wildman–Crippen MR) is 135 cm³/mol. The van der Waals surface area contributed by atoms with E-state index in [-0.39, 0.29) is 37.1 Å². The van der Waals surface area contributed by atoms with Crippen LogP contribution in [0.3, 0.4) is 0 Å². The molecule has 5 heterocycles. The van der Waals surface area contributed by atoms with Crippen molar-refractivity contribution < 1.29 is 53.0 Å². The molecule has 0 amide bonds. The van der Waals surface area contributed by atoms with Gasteiger partial charge in [0.25, 0.3) is 0 Å². The number of cyclic esters (lactones) is 1. The van der Waals surface area contributed by atoms with E-state index in [9.17, 15) is 19.8 Å². The Balaban J connectivity index is 1.25. The third kappa shape index (κ3) is 3.55. The lowest BCUT2D eigenvalue weighted by Gasteiger charge is -2.58. The van der Waals surface area contributed by atoms with Crippen LogP contribution in [0.2, 0.25) is 0 Å². The molecule has 2 saturated carbocycles. The van der Waals surface area contributed by atoms with E-state index in [0.29, 0.717) is 19.4 Å². The second-order valence-corrected chi connectivity index (χ2v) is 13.2. The van der Waals surface area contributed by atoms with Gasteiger partial charge in [-0.15, -0.1) is 0 Å². The zero-order chi connectivity index (χ0) is 28.3. The van der Waals surface area contributed by atoms with Crippen LogP contribution >= 0.6 is 0 Å². The number of aliphatic hydroxyl groups is 2. The van der Waals surface area contributed by atoms with E-state index < -0.39 is 64.5 Å². The van der Waals surface area contributed by atoms with Crippen LogP contribution in [0.15, 0.2) is 24.3 Å². The summed E-state index contributed by atoms with van der Waals surface area (Å²) in [5, 5.41) is 20.9. The maximum Gasteiger partial charge on any atom is 0.338 e. The molecule has 0 aromatic carbocycles. The summed E-state index contributed by atoms with van der Waals surface area (Å²) >= 11 is 0. The highest BCUT2D eigenvalue weighted by Gasteiger charge is 2.86. The van der Waals surface area contributed by atoms with Gasteiger partial charge < -0.3 is 43.4 Å². The monoisotopic (exact) mass is 562 g/mol. The molecule has 11 heteroatoms. The Morgan fingerprint density at radius 2 is 1.80 bits per heavy atom. The molecule has 2 spiro atoms. The largest absolute Gasteiger partial charge is 0.463 e. The van der Waals surface area contributed by atoms with Crippen molar-refractivity contribution in [3.05, 3.63) is 24.3 Å². The fourth-order valence-corrected chi connectivity index (χ4v) is 8.09. The maximum absolute atomic E-state index is 13.4. The summed E-state index contributed by atoms with van der Waals surface area (Å²) in [6, 6.07) is 0. The third-order valence-corrected chi connectivity index (χ3v) is 11.1. The van der Waals surface area contributed by atoms with Crippen molar-refractivity contribution in [2.45, 2.75) is 113 Å². The number of fused-ring (bicyclic) bond motifs is 3. The Morgan fingerprint density at radius 1 is 1.02 bits per heavy atom. The molecule has 11 nitrogen and oxygen atoms in total. The average molecular weight is 563 g/mol. The first-order valence-electron chi connectivity index (χ1n) is 14.3. The number of esters is 2. The normalized spacial score (nSPS) is 57.2. The number of rotatable bonds is 1. The van der Waals surface area contributed by atoms with Gasteiger partial charge in [-0.1, -0.05) is 25.2 Å². The summed E-state index contributed by atoms with van der Waals surface area (Å²) in [6.07, 6.45) is 2.83. The predicted octanol–water partition coefficient (Wildman–Crippen LogP) is 0.736. The van der Waals surface area contributed by atoms with Gasteiger partial charge in [0.05, 0.1) is 42.5 Å². The second-order valence-electron chi connectivity index (χ2n) is 13.2. The molecule has 7 aliphatic rings. The molecule has 6 fully saturated rings. The molecule has 220 valence electrons. The Morgan fingerprint density at radius 3 is 2.52 bits per heavy atom. The Kier molecular flexibility index (Phi) is 5.80. The van der Waals surface area contributed by atoms with Gasteiger partial charge in [-0.3, -0.25) is 0 Å². The lowest BCUT2D eigenvalue weighted by Crippen LogP contribution is -2.69. The van der Waals surface area contributed by atoms with Crippen LogP contribution in [0.4, 0.5) is 0 Å². The molecule has 0 aromatic heterocycles. The van der Waals surface area contributed by atoms with Crippen molar-refractivity contribution in [3.8, 4) is 0 Å². The highest BCUT2D eigenvalue weighted by molar-refractivity contribution is 5.82. The van der Waals surface area contributed by atoms with Crippen LogP contribution in [0, 0.1) is 10.8 Å². The zero-order valence-corrected chi connectivity index (χ0v) is 23.2. The van der Waals surface area contributed by atoms with Crippen LogP contribution in [0.25, 0.3) is 0 Å². The molecule has 2 aliphatic carbocycles. The smallest absolute Gasteiger partial charge is 0.338 e. The summed E-state index contributed by atoms with van der Waals surface area (Å²) in [5.41, 5.74) is -3.54. The van der Waals surface area contributed by atoms with Gasteiger partial charge in [-0.25, -0.2) is 9.59 Å². The summed E-state index contributed by atoms with van der Waals surface area (Å²) in [6.45, 7) is 7.67. The van der Waals surface area contributed by atoms with Gasteiger partial charge in [-0.2, -0.15) is 0 Å². The summed E-state index contributed by atoms with van der Waals surface area (Å²) in [7, 11) is 0. The van der Waals surface area contributed by atoms with E-state index in [1.807, 2.05) is 0 Å². The number of allylic oxidation sites excluding steroid dienone is 2. The summed E-state index contributed by atoms with van der Waals surface area (Å²) < 4.78 is 42.6. The van der Waals surface area contributed by atoms with Gasteiger partial charge in [0.2, 0.25) is 0 Å². The first-order chi connectivity index (χ1) is 18.9. The van der Waals surface area contributed by atoms with Gasteiger partial charge >= 0.3 is 11.9 Å². The number of carbonyl (C=O) groups is 2. The molecule has 4 saturated heterocycles. The summed E-state index contributed by atoms with van der Waals surface area (Å²) in [5.74, 6) is -1.10. The van der Waals surface area contributed by atoms with Crippen molar-refractivity contribution in [1.29, 1.82) is 0 Å². The van der Waals surface area contributed by atoms with Crippen molar-refractivity contribution in [2.75, 3.05) is 19.8 Å². The van der Waals surface area contributed by atoms with Crippen LogP contribution in [-0.2, 0) is 42.7 Å². The molecule has 40 heavy (non-hydrogen) atoms. The highest BCUT2D eigenvalue weighted by atomic mass is 16.7. The Hall–Kier alpha value is -1.86. The number of epoxide rings is 3. The van der Waals surface area contributed by atoms with E-state index in [1.165, 1.54) is 12.2 Å². The number of hydrogen-bond donors (Lipinski definition) is 2. The SMILES string of the molecule is C[C@@H](O)[C@H]1/C=C/C=C/C(=O)O[C@@H]2C[C@@H]3O[C@H]4[C@@H]5O[C@]5(C)CC[C@]4(COC(=O)[C@H]4O[C@]4(C)[C@H](O)CO1)[C@]2(C)[C@@]31CO1. The van der Waals surface area contributed by atoms with Crippen LogP contribution in [-0.4, -0.2) is 108 Å². The first-order valence-corrected chi connectivity index (χ1v) is 14.3. The molecule has 0 aromatic rings. The molecule has 2 bridgehead atoms. The van der Waals surface area contributed by atoms with Crippen LogP contribution < -0.4 is 0 Å². The third-order valence-electron chi connectivity index (χ3n) is 11.1. The van der Waals surface area contributed by atoms with E-state index in [2.05, 4.69) is 13.8 Å². The fraction of sp³-hybridized carbons (Fsp3) is 0.793.